The molecule has 0 heterocycles. The van der Waals surface area contributed by atoms with Gasteiger partial charge < -0.3 is 4.90 Å². The molecule has 0 fully saturated rings. The number of nitrogens with one attached hydrogen (secondary N) is 1. The van der Waals surface area contributed by atoms with E-state index in [9.17, 15) is 25.2 Å². The van der Waals surface area contributed by atoms with Crippen LogP contribution in [0.15, 0.2) is 0 Å². The third kappa shape index (κ3) is 43.8. The van der Waals surface area contributed by atoms with E-state index in [2.05, 4.69) is 20.8 Å². The minimum atomic E-state index is -10.7. The fraction of sp³-hybridized carbons (Fsp3) is 1.00. The van der Waals surface area contributed by atoms with Crippen molar-refractivity contribution in [1.29, 1.82) is 0 Å². The molecule has 0 aliphatic rings. The topological polar surface area (TPSA) is 4.44 Å². The summed E-state index contributed by atoms with van der Waals surface area (Å²) >= 11 is 0. The molecule has 0 aliphatic heterocycles. The van der Waals surface area contributed by atoms with Crippen LogP contribution >= 0.6 is 7.81 Å². The van der Waals surface area contributed by atoms with Gasteiger partial charge in [-0.2, -0.15) is 0 Å². The summed E-state index contributed by atoms with van der Waals surface area (Å²) < 4.78 is 59.2. The van der Waals surface area contributed by atoms with Gasteiger partial charge in [-0.3, -0.25) is 0 Å². The van der Waals surface area contributed by atoms with Gasteiger partial charge in [-0.25, -0.2) is 0 Å². The second-order valence-electron chi connectivity index (χ2n) is 9.26. The Bertz CT molecular complexity index is 350. The Morgan fingerprint density at radius 1 is 0.375 bits per heavy atom. The Hall–Kier alpha value is -0.0300. The number of halogens is 6. The molecule has 0 saturated carbocycles. The number of unbranched alkanes of at least 4 members (excludes halogenated alkanes) is 15. The third-order valence-corrected chi connectivity index (χ3v) is 5.65. The summed E-state index contributed by atoms with van der Waals surface area (Å²) in [5.41, 5.74) is 0. The Labute approximate surface area is 194 Å². The molecular weight excluding hydrogens is 447 g/mol. The average molecular weight is 500 g/mol. The molecule has 0 radical (unpaired) electrons. The van der Waals surface area contributed by atoms with E-state index in [4.69, 9.17) is 0 Å². The molecule has 0 aromatic heterocycles. The van der Waals surface area contributed by atoms with Gasteiger partial charge >= 0.3 is 33.0 Å². The molecule has 0 aromatic rings. The summed E-state index contributed by atoms with van der Waals surface area (Å²) in [7, 11) is -10.7. The quantitative estimate of drug-likeness (QED) is 0.0910. The molecule has 0 saturated heterocycles. The Kier molecular flexibility index (Phi) is 19.5. The van der Waals surface area contributed by atoms with E-state index in [0.29, 0.717) is 0 Å². The van der Waals surface area contributed by atoms with Gasteiger partial charge in [0, 0.05) is 0 Å². The monoisotopic (exact) mass is 499 g/mol. The molecule has 0 rings (SSSR count). The van der Waals surface area contributed by atoms with Crippen LogP contribution in [0.3, 0.4) is 0 Å². The van der Waals surface area contributed by atoms with E-state index in [1.165, 1.54) is 135 Å². The molecule has 1 nitrogen and oxygen atoms in total. The molecule has 8 heteroatoms. The number of quaternary nitrogens is 1. The second-order valence-corrected chi connectivity index (χ2v) is 11.2. The van der Waals surface area contributed by atoms with E-state index in [1.54, 1.807) is 0 Å². The van der Waals surface area contributed by atoms with Crippen molar-refractivity contribution in [2.75, 3.05) is 19.6 Å². The zero-order chi connectivity index (χ0) is 24.8. The summed E-state index contributed by atoms with van der Waals surface area (Å²) in [5.74, 6) is 0. The van der Waals surface area contributed by atoms with E-state index in [1.807, 2.05) is 4.90 Å². The van der Waals surface area contributed by atoms with Gasteiger partial charge in [0.2, 0.25) is 0 Å². The predicted octanol–water partition coefficient (Wildman–Crippen LogP) is 10.3. The summed E-state index contributed by atoms with van der Waals surface area (Å²) in [4.78, 5) is 1.92. The van der Waals surface area contributed by atoms with Gasteiger partial charge in [0.15, 0.2) is 0 Å². The molecule has 0 aliphatic carbocycles. The van der Waals surface area contributed by atoms with Crippen molar-refractivity contribution in [3.05, 3.63) is 0 Å². The maximum atomic E-state index is 9.87. The first-order valence-corrected chi connectivity index (χ1v) is 15.2. The summed E-state index contributed by atoms with van der Waals surface area (Å²) in [6, 6.07) is 0. The van der Waals surface area contributed by atoms with Crippen molar-refractivity contribution < 1.29 is 30.1 Å². The van der Waals surface area contributed by atoms with Crippen molar-refractivity contribution in [2.24, 2.45) is 0 Å². The number of rotatable bonds is 21. The predicted molar refractivity (Wildman–Crippen MR) is 129 cm³/mol. The van der Waals surface area contributed by atoms with Crippen LogP contribution in [0, 0.1) is 0 Å². The Morgan fingerprint density at radius 2 is 0.562 bits per heavy atom. The first kappa shape index (κ1) is 34.1. The van der Waals surface area contributed by atoms with Crippen LogP contribution in [-0.4, -0.2) is 19.6 Å². The SMILES string of the molecule is CCCCCCCC[NH+](CCCCCCCC)CCCCCCCC.F[P-](F)(F)(F)(F)F. The zero-order valence-electron chi connectivity index (χ0n) is 21.1. The summed E-state index contributed by atoms with van der Waals surface area (Å²) in [6.45, 7) is 11.3. The number of hydrogen-bond donors (Lipinski definition) is 1. The zero-order valence-corrected chi connectivity index (χ0v) is 22.0. The van der Waals surface area contributed by atoms with E-state index in [-0.39, 0.29) is 0 Å². The molecule has 200 valence electrons. The van der Waals surface area contributed by atoms with Crippen molar-refractivity contribution in [2.45, 2.75) is 136 Å². The van der Waals surface area contributed by atoms with Crippen LogP contribution in [0.2, 0.25) is 0 Å². The minimum absolute atomic E-state index is 1.37. The van der Waals surface area contributed by atoms with Gasteiger partial charge in [0.25, 0.3) is 0 Å². The molecule has 0 amide bonds. The fourth-order valence-corrected chi connectivity index (χ4v) is 3.84. The molecule has 0 unspecified atom stereocenters. The van der Waals surface area contributed by atoms with Crippen molar-refractivity contribution in [1.82, 2.24) is 0 Å². The van der Waals surface area contributed by atoms with Crippen molar-refractivity contribution in [3.8, 4) is 0 Å². The van der Waals surface area contributed by atoms with Crippen LogP contribution in [-0.2, 0) is 0 Å². The van der Waals surface area contributed by atoms with E-state index < -0.39 is 7.81 Å². The Balaban J connectivity index is 0. The first-order chi connectivity index (χ1) is 14.8. The van der Waals surface area contributed by atoms with Gasteiger partial charge in [0.05, 0.1) is 19.6 Å². The fourth-order valence-electron chi connectivity index (χ4n) is 3.84. The Morgan fingerprint density at radius 3 is 0.781 bits per heavy atom. The molecule has 1 N–H and O–H groups in total. The standard InChI is InChI=1S/C24H51N.F6P/c1-4-7-10-13-16-19-22-25(23-20-17-14-11-8-5-2)24-21-18-15-12-9-6-3;1-7(2,3,4,5)6/h4-24H2,1-3H3;/q;-1/p+1. The average Bonchev–Trinajstić information content (AvgIpc) is 2.66. The van der Waals surface area contributed by atoms with Crippen molar-refractivity contribution >= 4 is 7.81 Å². The van der Waals surface area contributed by atoms with Crippen LogP contribution in [0.25, 0.3) is 0 Å². The van der Waals surface area contributed by atoms with Crippen LogP contribution < -0.4 is 4.90 Å². The van der Waals surface area contributed by atoms with Crippen LogP contribution in [0.4, 0.5) is 25.2 Å². The van der Waals surface area contributed by atoms with Crippen LogP contribution in [0.1, 0.15) is 136 Å². The van der Waals surface area contributed by atoms with Gasteiger partial charge in [-0.05, 0) is 38.5 Å². The first-order valence-electron chi connectivity index (χ1n) is 13.2. The molecule has 0 atom stereocenters. The maximum absolute atomic E-state index is 10.7. The van der Waals surface area contributed by atoms with E-state index in [0.717, 1.165) is 0 Å². The molecule has 0 aromatic carbocycles. The van der Waals surface area contributed by atoms with Crippen LogP contribution in [0.5, 0.6) is 0 Å². The molecule has 32 heavy (non-hydrogen) atoms. The van der Waals surface area contributed by atoms with Crippen molar-refractivity contribution in [3.63, 3.8) is 0 Å². The summed E-state index contributed by atoms with van der Waals surface area (Å²) in [5, 5.41) is 0. The van der Waals surface area contributed by atoms with E-state index >= 15 is 0 Å². The summed E-state index contributed by atoms with van der Waals surface area (Å²) in [6.07, 6.45) is 26.0. The normalized spacial score (nSPS) is 14.1. The molecule has 0 spiro atoms. The number of hydrogen-bond acceptors (Lipinski definition) is 0. The van der Waals surface area contributed by atoms with Gasteiger partial charge in [-0.15, -0.1) is 0 Å². The van der Waals surface area contributed by atoms with Gasteiger partial charge in [0.1, 0.15) is 0 Å². The molecular formula is C24H52F6NP. The van der Waals surface area contributed by atoms with Gasteiger partial charge in [-0.1, -0.05) is 97.8 Å². The second kappa shape index (κ2) is 18.3. The molecule has 0 bridgehead atoms. The third-order valence-electron chi connectivity index (χ3n) is 5.65.